The van der Waals surface area contributed by atoms with E-state index >= 15 is 0 Å². The second-order valence-electron chi connectivity index (χ2n) is 14.2. The van der Waals surface area contributed by atoms with Crippen molar-refractivity contribution in [2.45, 2.75) is 0 Å². The highest BCUT2D eigenvalue weighted by molar-refractivity contribution is 6.13. The van der Waals surface area contributed by atoms with Crippen molar-refractivity contribution in [3.05, 3.63) is 204 Å². The van der Waals surface area contributed by atoms with Crippen molar-refractivity contribution in [1.29, 1.82) is 10.5 Å². The molecule has 0 amide bonds. The molecule has 0 atom stereocenters. The molecule has 2 aromatic heterocycles. The lowest BCUT2D eigenvalue weighted by molar-refractivity contribution is 1.15. The molecule has 0 bridgehead atoms. The molecular formula is C52H28N6. The number of fused-ring (bicyclic) bond motifs is 6. The number of hydrogen-bond acceptors (Lipinski definition) is 2. The fourth-order valence-corrected chi connectivity index (χ4v) is 8.34. The van der Waals surface area contributed by atoms with Gasteiger partial charge in [-0.25, -0.2) is 9.69 Å². The van der Waals surface area contributed by atoms with Crippen molar-refractivity contribution in [2.24, 2.45) is 0 Å². The van der Waals surface area contributed by atoms with E-state index in [2.05, 4.69) is 97.7 Å². The topological polar surface area (TPSA) is 66.2 Å². The van der Waals surface area contributed by atoms with Crippen molar-refractivity contribution < 1.29 is 0 Å². The maximum absolute atomic E-state index is 9.98. The number of nitriles is 2. The number of hydrogen-bond donors (Lipinski definition) is 0. The van der Waals surface area contributed by atoms with E-state index in [1.165, 1.54) is 0 Å². The Labute approximate surface area is 334 Å². The summed E-state index contributed by atoms with van der Waals surface area (Å²) in [6, 6.07) is 60.8. The van der Waals surface area contributed by atoms with Crippen molar-refractivity contribution >= 4 is 55.0 Å². The molecule has 0 aliphatic rings. The lowest BCUT2D eigenvalue weighted by Crippen LogP contribution is -2.03. The molecule has 0 fully saturated rings. The fourth-order valence-electron chi connectivity index (χ4n) is 8.34. The Bertz CT molecular complexity index is 3480. The number of benzene rings is 8. The van der Waals surface area contributed by atoms with Gasteiger partial charge in [-0.2, -0.15) is 10.5 Å². The Balaban J connectivity index is 1.32. The van der Waals surface area contributed by atoms with Crippen LogP contribution in [-0.4, -0.2) is 9.13 Å². The molecule has 0 aliphatic carbocycles. The zero-order chi connectivity index (χ0) is 39.3. The van der Waals surface area contributed by atoms with E-state index in [1.807, 2.05) is 97.1 Å². The summed E-state index contributed by atoms with van der Waals surface area (Å²) in [6.07, 6.45) is 0. The summed E-state index contributed by atoms with van der Waals surface area (Å²) >= 11 is 0. The van der Waals surface area contributed by atoms with Crippen LogP contribution in [0.2, 0.25) is 0 Å². The van der Waals surface area contributed by atoms with Gasteiger partial charge in [-0.1, -0.05) is 115 Å². The van der Waals surface area contributed by atoms with E-state index in [-0.39, 0.29) is 0 Å². The largest absolute Gasteiger partial charge is 0.319 e. The standard InChI is InChI=1S/C52H28N6/c1-55-40-22-18-36(19-23-40)38-21-25-45-43-11-4-6-13-47(43)58(50(45)30-38)52-41(39-9-7-8-34(28-39)32-54)26-27-48(51(52)56-2)57-46-12-5-3-10-42(46)44-24-20-37(29-49(44)57)35-16-14-33(31-53)15-17-35/h3-30H. The van der Waals surface area contributed by atoms with Crippen molar-refractivity contribution in [1.82, 2.24) is 9.13 Å². The van der Waals surface area contributed by atoms with Gasteiger partial charge in [0.1, 0.15) is 0 Å². The molecule has 10 aromatic rings. The van der Waals surface area contributed by atoms with E-state index in [0.717, 1.165) is 82.7 Å². The van der Waals surface area contributed by atoms with E-state index in [4.69, 9.17) is 13.1 Å². The summed E-state index contributed by atoms with van der Waals surface area (Å²) in [5.74, 6) is 0. The second kappa shape index (κ2) is 13.6. The van der Waals surface area contributed by atoms with Crippen LogP contribution in [-0.2, 0) is 0 Å². The molecule has 8 aromatic carbocycles. The Morgan fingerprint density at radius 1 is 0.414 bits per heavy atom. The molecule has 6 heteroatoms. The fraction of sp³-hybridized carbons (Fsp3) is 0. The molecule has 0 unspecified atom stereocenters. The molecule has 266 valence electrons. The maximum atomic E-state index is 9.98. The molecule has 10 rings (SSSR count). The van der Waals surface area contributed by atoms with Gasteiger partial charge in [-0.05, 0) is 88.0 Å². The first-order chi connectivity index (χ1) is 28.6. The lowest BCUT2D eigenvalue weighted by Gasteiger charge is -2.20. The van der Waals surface area contributed by atoms with Gasteiger partial charge in [0.25, 0.3) is 0 Å². The zero-order valence-electron chi connectivity index (χ0n) is 30.8. The minimum Gasteiger partial charge on any atom is -0.319 e. The summed E-state index contributed by atoms with van der Waals surface area (Å²) in [5.41, 5.74) is 13.0. The highest BCUT2D eigenvalue weighted by atomic mass is 15.1. The molecule has 0 saturated heterocycles. The van der Waals surface area contributed by atoms with Crippen LogP contribution >= 0.6 is 0 Å². The Kier molecular flexibility index (Phi) is 7.92. The average molecular weight is 737 g/mol. The van der Waals surface area contributed by atoms with E-state index in [0.29, 0.717) is 28.2 Å². The van der Waals surface area contributed by atoms with Gasteiger partial charge < -0.3 is 9.13 Å². The van der Waals surface area contributed by atoms with Crippen LogP contribution in [0.3, 0.4) is 0 Å². The second-order valence-corrected chi connectivity index (χ2v) is 14.2. The molecule has 58 heavy (non-hydrogen) atoms. The third kappa shape index (κ3) is 5.31. The first kappa shape index (κ1) is 33.9. The predicted molar refractivity (Wildman–Crippen MR) is 233 cm³/mol. The quantitative estimate of drug-likeness (QED) is 0.165. The SMILES string of the molecule is [C-]#[N+]c1ccc(-c2ccc3c4ccccc4n(-c4c(-c5cccc(C#N)c5)ccc(-n5c6ccccc6c6ccc(-c7ccc(C#N)cc7)cc65)c4[N+]#[C-])c3c2)cc1. The third-order valence-corrected chi connectivity index (χ3v) is 11.0. The van der Waals surface area contributed by atoms with Gasteiger partial charge in [0.05, 0.1) is 69.9 Å². The molecule has 2 heterocycles. The van der Waals surface area contributed by atoms with Gasteiger partial charge in [0, 0.05) is 21.5 Å². The van der Waals surface area contributed by atoms with Crippen LogP contribution in [0.15, 0.2) is 170 Å². The first-order valence-corrected chi connectivity index (χ1v) is 18.7. The monoisotopic (exact) mass is 736 g/mol. The molecule has 0 radical (unpaired) electrons. The zero-order valence-corrected chi connectivity index (χ0v) is 30.8. The molecule has 0 saturated carbocycles. The Hall–Kier alpha value is -8.68. The van der Waals surface area contributed by atoms with Gasteiger partial charge in [-0.3, -0.25) is 0 Å². The summed E-state index contributed by atoms with van der Waals surface area (Å²) < 4.78 is 4.41. The lowest BCUT2D eigenvalue weighted by atomic mass is 9.98. The number of aromatic nitrogens is 2. The van der Waals surface area contributed by atoms with Crippen molar-refractivity contribution in [3.8, 4) is 56.9 Å². The Morgan fingerprint density at radius 2 is 0.966 bits per heavy atom. The number of para-hydroxylation sites is 2. The van der Waals surface area contributed by atoms with E-state index in [1.54, 1.807) is 6.07 Å². The summed E-state index contributed by atoms with van der Waals surface area (Å²) in [5, 5.41) is 23.6. The number of nitrogens with zero attached hydrogens (tertiary/aromatic N) is 6. The molecule has 0 aliphatic heterocycles. The van der Waals surface area contributed by atoms with Gasteiger partial charge in [-0.15, -0.1) is 0 Å². The van der Waals surface area contributed by atoms with Gasteiger partial charge in [0.2, 0.25) is 5.69 Å². The van der Waals surface area contributed by atoms with Crippen LogP contribution in [0.1, 0.15) is 11.1 Å². The van der Waals surface area contributed by atoms with Crippen LogP contribution in [0.25, 0.3) is 98.1 Å². The first-order valence-electron chi connectivity index (χ1n) is 18.7. The van der Waals surface area contributed by atoms with Crippen LogP contribution in [0.5, 0.6) is 0 Å². The summed E-state index contributed by atoms with van der Waals surface area (Å²) in [4.78, 5) is 8.01. The summed E-state index contributed by atoms with van der Waals surface area (Å²) in [6.45, 7) is 16.5. The minimum absolute atomic E-state index is 0.459. The molecule has 0 spiro atoms. The van der Waals surface area contributed by atoms with Gasteiger partial charge in [0.15, 0.2) is 5.69 Å². The highest BCUT2D eigenvalue weighted by Crippen LogP contribution is 2.46. The van der Waals surface area contributed by atoms with Crippen molar-refractivity contribution in [3.63, 3.8) is 0 Å². The predicted octanol–water partition coefficient (Wildman–Crippen LogP) is 13.7. The highest BCUT2D eigenvalue weighted by Gasteiger charge is 2.25. The summed E-state index contributed by atoms with van der Waals surface area (Å²) in [7, 11) is 0. The van der Waals surface area contributed by atoms with Crippen molar-refractivity contribution in [2.75, 3.05) is 0 Å². The van der Waals surface area contributed by atoms with Crippen LogP contribution in [0.4, 0.5) is 11.4 Å². The van der Waals surface area contributed by atoms with Gasteiger partial charge >= 0.3 is 0 Å². The van der Waals surface area contributed by atoms with Crippen LogP contribution < -0.4 is 0 Å². The smallest absolute Gasteiger partial charge is 0.234 e. The molecular weight excluding hydrogens is 709 g/mol. The molecule has 0 N–H and O–H groups in total. The third-order valence-electron chi connectivity index (χ3n) is 11.0. The minimum atomic E-state index is 0.459. The van der Waals surface area contributed by atoms with E-state index in [9.17, 15) is 10.5 Å². The average Bonchev–Trinajstić information content (AvgIpc) is 3.80. The maximum Gasteiger partial charge on any atom is 0.234 e. The van der Waals surface area contributed by atoms with E-state index < -0.39 is 0 Å². The van der Waals surface area contributed by atoms with Crippen LogP contribution in [0, 0.1) is 35.8 Å². The molecule has 6 nitrogen and oxygen atoms in total. The normalized spacial score (nSPS) is 11.0. The number of rotatable bonds is 5. The Morgan fingerprint density at radius 3 is 1.57 bits per heavy atom.